The quantitative estimate of drug-likeness (QED) is 0.664. The third-order valence-electron chi connectivity index (χ3n) is 3.23. The number of halogens is 1. The molecule has 1 aromatic rings. The topological polar surface area (TPSA) is 21.3 Å². The zero-order chi connectivity index (χ0) is 14.1. The van der Waals surface area contributed by atoms with Gasteiger partial charge in [-0.15, -0.1) is 0 Å². The highest BCUT2D eigenvalue weighted by atomic mass is 79.9. The van der Waals surface area contributed by atoms with Crippen LogP contribution in [-0.4, -0.2) is 19.2 Å². The Bertz CT molecular complexity index is 368. The highest BCUT2D eigenvalue weighted by Crippen LogP contribution is 2.21. The van der Waals surface area contributed by atoms with E-state index in [0.29, 0.717) is 6.04 Å². The molecule has 0 saturated heterocycles. The molecule has 3 heteroatoms. The van der Waals surface area contributed by atoms with Crippen molar-refractivity contribution in [3.63, 3.8) is 0 Å². The molecule has 0 fully saturated rings. The number of nitrogens with one attached hydrogen (secondary N) is 1. The number of rotatable bonds is 9. The lowest BCUT2D eigenvalue weighted by Crippen LogP contribution is -2.30. The van der Waals surface area contributed by atoms with E-state index in [9.17, 15) is 0 Å². The molecule has 0 radical (unpaired) electrons. The summed E-state index contributed by atoms with van der Waals surface area (Å²) >= 11 is 3.49. The van der Waals surface area contributed by atoms with Gasteiger partial charge in [0, 0.05) is 17.1 Å². The molecule has 0 aliphatic rings. The Hall–Kier alpha value is -0.540. The highest BCUT2D eigenvalue weighted by Gasteiger charge is 2.01. The molecule has 0 bridgehead atoms. The molecule has 0 aliphatic carbocycles. The summed E-state index contributed by atoms with van der Waals surface area (Å²) in [4.78, 5) is 0. The SMILES string of the molecule is CCCCCC(C)NCCOc1ccc(Br)c(C)c1. The van der Waals surface area contributed by atoms with Crippen molar-refractivity contribution in [3.8, 4) is 5.75 Å². The van der Waals surface area contributed by atoms with Crippen LogP contribution in [0.3, 0.4) is 0 Å². The van der Waals surface area contributed by atoms with Crippen molar-refractivity contribution in [2.24, 2.45) is 0 Å². The standard InChI is InChI=1S/C16H26BrNO/c1-4-5-6-7-14(3)18-10-11-19-15-8-9-16(17)13(2)12-15/h8-9,12,14,18H,4-7,10-11H2,1-3H3. The van der Waals surface area contributed by atoms with E-state index in [-0.39, 0.29) is 0 Å². The predicted octanol–water partition coefficient (Wildman–Crippen LogP) is 4.69. The van der Waals surface area contributed by atoms with Gasteiger partial charge >= 0.3 is 0 Å². The zero-order valence-electron chi connectivity index (χ0n) is 12.3. The molecule has 108 valence electrons. The van der Waals surface area contributed by atoms with Crippen molar-refractivity contribution in [1.29, 1.82) is 0 Å². The summed E-state index contributed by atoms with van der Waals surface area (Å²) in [7, 11) is 0. The minimum Gasteiger partial charge on any atom is -0.492 e. The largest absolute Gasteiger partial charge is 0.492 e. The van der Waals surface area contributed by atoms with Crippen LogP contribution in [0.15, 0.2) is 22.7 Å². The van der Waals surface area contributed by atoms with Gasteiger partial charge in [0.05, 0.1) is 0 Å². The maximum Gasteiger partial charge on any atom is 0.119 e. The van der Waals surface area contributed by atoms with Crippen molar-refractivity contribution in [2.45, 2.75) is 52.5 Å². The van der Waals surface area contributed by atoms with E-state index in [1.165, 1.54) is 31.2 Å². The number of benzene rings is 1. The fourth-order valence-electron chi connectivity index (χ4n) is 1.98. The third kappa shape index (κ3) is 6.98. The maximum atomic E-state index is 5.73. The van der Waals surface area contributed by atoms with Crippen molar-refractivity contribution in [1.82, 2.24) is 5.32 Å². The van der Waals surface area contributed by atoms with Gasteiger partial charge in [-0.05, 0) is 44.0 Å². The lowest BCUT2D eigenvalue weighted by atomic mass is 10.1. The molecule has 19 heavy (non-hydrogen) atoms. The van der Waals surface area contributed by atoms with Crippen LogP contribution < -0.4 is 10.1 Å². The predicted molar refractivity (Wildman–Crippen MR) is 86.0 cm³/mol. The Morgan fingerprint density at radius 2 is 2.11 bits per heavy atom. The Kier molecular flexibility index (Phi) is 8.15. The van der Waals surface area contributed by atoms with E-state index < -0.39 is 0 Å². The molecule has 0 amide bonds. The van der Waals surface area contributed by atoms with Crippen LogP contribution in [-0.2, 0) is 0 Å². The lowest BCUT2D eigenvalue weighted by Gasteiger charge is -2.14. The van der Waals surface area contributed by atoms with Gasteiger partial charge in [0.2, 0.25) is 0 Å². The maximum absolute atomic E-state index is 5.73. The van der Waals surface area contributed by atoms with Crippen molar-refractivity contribution < 1.29 is 4.74 Å². The summed E-state index contributed by atoms with van der Waals surface area (Å²) in [5.74, 6) is 0.945. The summed E-state index contributed by atoms with van der Waals surface area (Å²) in [6, 6.07) is 6.68. The fraction of sp³-hybridized carbons (Fsp3) is 0.625. The fourth-order valence-corrected chi connectivity index (χ4v) is 2.23. The first-order valence-electron chi connectivity index (χ1n) is 7.25. The van der Waals surface area contributed by atoms with Gasteiger partial charge in [-0.25, -0.2) is 0 Å². The molecule has 0 heterocycles. The molecule has 1 atom stereocenters. The van der Waals surface area contributed by atoms with Crippen LogP contribution in [0.25, 0.3) is 0 Å². The summed E-state index contributed by atoms with van der Waals surface area (Å²) in [6.07, 6.45) is 5.20. The zero-order valence-corrected chi connectivity index (χ0v) is 13.9. The minimum atomic E-state index is 0.585. The Morgan fingerprint density at radius 3 is 2.79 bits per heavy atom. The molecular weight excluding hydrogens is 302 g/mol. The van der Waals surface area contributed by atoms with Gasteiger partial charge in [0.15, 0.2) is 0 Å². The van der Waals surface area contributed by atoms with Crippen LogP contribution in [0.5, 0.6) is 5.75 Å². The molecule has 1 unspecified atom stereocenters. The minimum absolute atomic E-state index is 0.585. The number of ether oxygens (including phenoxy) is 1. The van der Waals surface area contributed by atoms with Crippen LogP contribution in [0.1, 0.15) is 45.1 Å². The molecule has 1 N–H and O–H groups in total. The summed E-state index contributed by atoms with van der Waals surface area (Å²) < 4.78 is 6.86. The summed E-state index contributed by atoms with van der Waals surface area (Å²) in [6.45, 7) is 8.19. The van der Waals surface area contributed by atoms with E-state index in [1.54, 1.807) is 0 Å². The van der Waals surface area contributed by atoms with E-state index in [1.807, 2.05) is 12.1 Å². The molecular formula is C16H26BrNO. The van der Waals surface area contributed by atoms with Crippen molar-refractivity contribution in [2.75, 3.05) is 13.2 Å². The first-order chi connectivity index (χ1) is 9.13. The van der Waals surface area contributed by atoms with Gasteiger partial charge in [-0.2, -0.15) is 0 Å². The third-order valence-corrected chi connectivity index (χ3v) is 4.12. The molecule has 0 spiro atoms. The van der Waals surface area contributed by atoms with Crippen LogP contribution >= 0.6 is 15.9 Å². The first kappa shape index (κ1) is 16.5. The molecule has 0 aliphatic heterocycles. The van der Waals surface area contributed by atoms with E-state index in [4.69, 9.17) is 4.74 Å². The molecule has 2 nitrogen and oxygen atoms in total. The van der Waals surface area contributed by atoms with Gasteiger partial charge in [-0.3, -0.25) is 0 Å². The number of hydrogen-bond donors (Lipinski definition) is 1. The van der Waals surface area contributed by atoms with E-state index in [2.05, 4.69) is 48.1 Å². The number of aryl methyl sites for hydroxylation is 1. The van der Waals surface area contributed by atoms with Crippen LogP contribution in [0, 0.1) is 6.92 Å². The number of unbranched alkanes of at least 4 members (excludes halogenated alkanes) is 2. The Balaban J connectivity index is 2.14. The van der Waals surface area contributed by atoms with E-state index >= 15 is 0 Å². The lowest BCUT2D eigenvalue weighted by molar-refractivity contribution is 0.304. The number of hydrogen-bond acceptors (Lipinski definition) is 2. The van der Waals surface area contributed by atoms with Gasteiger partial charge in [-0.1, -0.05) is 42.1 Å². The molecule has 0 saturated carbocycles. The van der Waals surface area contributed by atoms with Crippen LogP contribution in [0.4, 0.5) is 0 Å². The van der Waals surface area contributed by atoms with E-state index in [0.717, 1.165) is 23.4 Å². The van der Waals surface area contributed by atoms with Gasteiger partial charge in [0.1, 0.15) is 12.4 Å². The first-order valence-corrected chi connectivity index (χ1v) is 8.05. The van der Waals surface area contributed by atoms with Crippen molar-refractivity contribution in [3.05, 3.63) is 28.2 Å². The second-order valence-corrected chi connectivity index (χ2v) is 5.96. The summed E-state index contributed by atoms with van der Waals surface area (Å²) in [5, 5.41) is 3.50. The van der Waals surface area contributed by atoms with Crippen molar-refractivity contribution >= 4 is 15.9 Å². The molecule has 0 aromatic heterocycles. The average molecular weight is 328 g/mol. The van der Waals surface area contributed by atoms with Gasteiger partial charge < -0.3 is 10.1 Å². The van der Waals surface area contributed by atoms with Gasteiger partial charge in [0.25, 0.3) is 0 Å². The highest BCUT2D eigenvalue weighted by molar-refractivity contribution is 9.10. The molecule has 1 rings (SSSR count). The average Bonchev–Trinajstić information content (AvgIpc) is 2.39. The second-order valence-electron chi connectivity index (χ2n) is 5.11. The second kappa shape index (κ2) is 9.38. The monoisotopic (exact) mass is 327 g/mol. The van der Waals surface area contributed by atoms with Crippen LogP contribution in [0.2, 0.25) is 0 Å². The summed E-state index contributed by atoms with van der Waals surface area (Å²) in [5.41, 5.74) is 1.21. The Morgan fingerprint density at radius 1 is 1.32 bits per heavy atom. The Labute approximate surface area is 126 Å². The molecule has 1 aromatic carbocycles. The smallest absolute Gasteiger partial charge is 0.119 e. The normalized spacial score (nSPS) is 12.4.